The first kappa shape index (κ1) is 12.7. The Morgan fingerprint density at radius 2 is 2.33 bits per heavy atom. The van der Waals surface area contributed by atoms with Crippen LogP contribution in [0, 0.1) is 0 Å². The van der Waals surface area contributed by atoms with Crippen molar-refractivity contribution in [3.8, 4) is 0 Å². The zero-order chi connectivity index (χ0) is 13.0. The van der Waals surface area contributed by atoms with Gasteiger partial charge in [0, 0.05) is 36.5 Å². The van der Waals surface area contributed by atoms with E-state index in [4.69, 9.17) is 5.11 Å². The van der Waals surface area contributed by atoms with Crippen LogP contribution in [0.4, 0.5) is 0 Å². The second-order valence-electron chi connectivity index (χ2n) is 3.89. The fourth-order valence-electron chi connectivity index (χ4n) is 1.62. The highest BCUT2D eigenvalue weighted by Crippen LogP contribution is 2.20. The Morgan fingerprint density at radius 1 is 1.50 bits per heavy atom. The lowest BCUT2D eigenvalue weighted by Crippen LogP contribution is -1.99. The first-order chi connectivity index (χ1) is 8.66. The van der Waals surface area contributed by atoms with E-state index in [1.165, 1.54) is 0 Å². The maximum atomic E-state index is 10.8. The van der Waals surface area contributed by atoms with Gasteiger partial charge in [0.15, 0.2) is 0 Å². The Morgan fingerprint density at radius 3 is 3.00 bits per heavy atom. The average Bonchev–Trinajstić information content (AvgIpc) is 2.76. The van der Waals surface area contributed by atoms with Crippen molar-refractivity contribution >= 4 is 17.7 Å². The van der Waals surface area contributed by atoms with Gasteiger partial charge in [0.05, 0.1) is 5.56 Å². The SMILES string of the molecule is Cn1ccnc1CCSc1cccc(C(=O)O)c1. The predicted octanol–water partition coefficient (Wildman–Crippen LogP) is 2.45. The highest BCUT2D eigenvalue weighted by atomic mass is 32.2. The number of aromatic carboxylic acids is 1. The van der Waals surface area contributed by atoms with Crippen LogP contribution >= 0.6 is 11.8 Å². The quantitative estimate of drug-likeness (QED) is 0.841. The number of rotatable bonds is 5. The first-order valence-electron chi connectivity index (χ1n) is 5.59. The van der Waals surface area contributed by atoms with E-state index in [1.54, 1.807) is 36.2 Å². The van der Waals surface area contributed by atoms with E-state index in [-0.39, 0.29) is 0 Å². The van der Waals surface area contributed by atoms with Gasteiger partial charge in [-0.05, 0) is 18.2 Å². The molecule has 0 amide bonds. The molecule has 1 aromatic heterocycles. The third kappa shape index (κ3) is 3.13. The van der Waals surface area contributed by atoms with Crippen LogP contribution in [0.1, 0.15) is 16.2 Å². The zero-order valence-corrected chi connectivity index (χ0v) is 10.9. The van der Waals surface area contributed by atoms with Crippen LogP contribution < -0.4 is 0 Å². The lowest BCUT2D eigenvalue weighted by molar-refractivity contribution is 0.0696. The molecular weight excluding hydrogens is 248 g/mol. The van der Waals surface area contributed by atoms with E-state index < -0.39 is 5.97 Å². The van der Waals surface area contributed by atoms with Gasteiger partial charge in [-0.25, -0.2) is 9.78 Å². The summed E-state index contributed by atoms with van der Waals surface area (Å²) in [5.41, 5.74) is 0.331. The van der Waals surface area contributed by atoms with Crippen LogP contribution in [0.3, 0.4) is 0 Å². The second kappa shape index (κ2) is 5.73. The van der Waals surface area contributed by atoms with Crippen LogP contribution in [0.2, 0.25) is 0 Å². The summed E-state index contributed by atoms with van der Waals surface area (Å²) in [7, 11) is 1.97. The minimum Gasteiger partial charge on any atom is -0.478 e. The lowest BCUT2D eigenvalue weighted by atomic mass is 10.2. The van der Waals surface area contributed by atoms with Crippen molar-refractivity contribution < 1.29 is 9.90 Å². The van der Waals surface area contributed by atoms with Gasteiger partial charge in [-0.3, -0.25) is 0 Å². The molecule has 0 radical (unpaired) electrons. The molecule has 2 aromatic rings. The molecule has 18 heavy (non-hydrogen) atoms. The highest BCUT2D eigenvalue weighted by molar-refractivity contribution is 7.99. The molecule has 0 bridgehead atoms. The monoisotopic (exact) mass is 262 g/mol. The number of hydrogen-bond acceptors (Lipinski definition) is 3. The van der Waals surface area contributed by atoms with Crippen LogP contribution in [0.5, 0.6) is 0 Å². The normalized spacial score (nSPS) is 10.5. The van der Waals surface area contributed by atoms with Gasteiger partial charge in [-0.1, -0.05) is 6.07 Å². The first-order valence-corrected chi connectivity index (χ1v) is 6.58. The number of imidazole rings is 1. The van der Waals surface area contributed by atoms with Crippen molar-refractivity contribution in [2.24, 2.45) is 7.05 Å². The van der Waals surface area contributed by atoms with Crippen LogP contribution in [-0.2, 0) is 13.5 Å². The number of carboxylic acids is 1. The molecule has 0 atom stereocenters. The molecule has 0 spiro atoms. The van der Waals surface area contributed by atoms with Crippen molar-refractivity contribution in [1.82, 2.24) is 9.55 Å². The number of nitrogens with zero attached hydrogens (tertiary/aromatic N) is 2. The molecule has 5 heteroatoms. The summed E-state index contributed by atoms with van der Waals surface area (Å²) in [6.45, 7) is 0. The van der Waals surface area contributed by atoms with Crippen LogP contribution in [0.25, 0.3) is 0 Å². The maximum absolute atomic E-state index is 10.8. The molecule has 2 rings (SSSR count). The van der Waals surface area contributed by atoms with Gasteiger partial charge in [0.2, 0.25) is 0 Å². The predicted molar refractivity (Wildman–Crippen MR) is 71.0 cm³/mol. The number of hydrogen-bond donors (Lipinski definition) is 1. The Labute approximate surface area is 110 Å². The topological polar surface area (TPSA) is 55.1 Å². The van der Waals surface area contributed by atoms with Crippen LogP contribution in [0.15, 0.2) is 41.6 Å². The number of carbonyl (C=O) groups is 1. The third-order valence-electron chi connectivity index (χ3n) is 2.60. The van der Waals surface area contributed by atoms with E-state index in [0.717, 1.165) is 22.9 Å². The molecule has 1 N–H and O–H groups in total. The number of aromatic nitrogens is 2. The zero-order valence-electron chi connectivity index (χ0n) is 10.0. The molecule has 0 saturated carbocycles. The number of carboxylic acid groups (broad SMARTS) is 1. The molecule has 1 heterocycles. The smallest absolute Gasteiger partial charge is 0.335 e. The second-order valence-corrected chi connectivity index (χ2v) is 5.05. The summed E-state index contributed by atoms with van der Waals surface area (Å²) in [6, 6.07) is 7.00. The minimum atomic E-state index is -0.887. The maximum Gasteiger partial charge on any atom is 0.335 e. The molecule has 0 unspecified atom stereocenters. The van der Waals surface area contributed by atoms with E-state index >= 15 is 0 Å². The Balaban J connectivity index is 1.92. The molecular formula is C13H14N2O2S. The third-order valence-corrected chi connectivity index (χ3v) is 3.59. The molecule has 0 fully saturated rings. The summed E-state index contributed by atoms with van der Waals surface area (Å²) in [5.74, 6) is 1.03. The molecule has 1 aromatic carbocycles. The van der Waals surface area contributed by atoms with Gasteiger partial charge in [-0.2, -0.15) is 0 Å². The summed E-state index contributed by atoms with van der Waals surface area (Å²) < 4.78 is 1.99. The summed E-state index contributed by atoms with van der Waals surface area (Å²) in [4.78, 5) is 16.1. The van der Waals surface area contributed by atoms with Crippen molar-refractivity contribution in [3.05, 3.63) is 48.0 Å². The standard InChI is InChI=1S/C13H14N2O2S/c1-15-7-6-14-12(15)5-8-18-11-4-2-3-10(9-11)13(16)17/h2-4,6-7,9H,5,8H2,1H3,(H,16,17). The molecule has 94 valence electrons. The van der Waals surface area contributed by atoms with Gasteiger partial charge < -0.3 is 9.67 Å². The largest absolute Gasteiger partial charge is 0.478 e. The lowest BCUT2D eigenvalue weighted by Gasteiger charge is -2.03. The van der Waals surface area contributed by atoms with Gasteiger partial charge in [0.1, 0.15) is 5.82 Å². The molecule has 0 aliphatic carbocycles. The van der Waals surface area contributed by atoms with Crippen molar-refractivity contribution in [3.63, 3.8) is 0 Å². The van der Waals surface area contributed by atoms with Gasteiger partial charge in [-0.15, -0.1) is 11.8 Å². The van der Waals surface area contributed by atoms with Crippen molar-refractivity contribution in [2.45, 2.75) is 11.3 Å². The Kier molecular flexibility index (Phi) is 4.04. The molecule has 0 aliphatic heterocycles. The number of benzene rings is 1. The average molecular weight is 262 g/mol. The number of thioether (sulfide) groups is 1. The summed E-state index contributed by atoms with van der Waals surface area (Å²) in [5, 5.41) is 8.90. The van der Waals surface area contributed by atoms with Crippen molar-refractivity contribution in [1.29, 1.82) is 0 Å². The highest BCUT2D eigenvalue weighted by Gasteiger charge is 2.04. The molecule has 0 aliphatic rings. The molecule has 4 nitrogen and oxygen atoms in total. The van der Waals surface area contributed by atoms with Crippen LogP contribution in [-0.4, -0.2) is 26.4 Å². The Bertz CT molecular complexity index is 551. The minimum absolute atomic E-state index is 0.331. The number of aryl methyl sites for hydroxylation is 2. The molecule has 0 saturated heterocycles. The fourth-order valence-corrected chi connectivity index (χ4v) is 2.52. The summed E-state index contributed by atoms with van der Waals surface area (Å²) >= 11 is 1.64. The Hall–Kier alpha value is -1.75. The summed E-state index contributed by atoms with van der Waals surface area (Å²) in [6.07, 6.45) is 4.57. The van der Waals surface area contributed by atoms with E-state index in [2.05, 4.69) is 4.98 Å². The fraction of sp³-hybridized carbons (Fsp3) is 0.231. The van der Waals surface area contributed by atoms with E-state index in [9.17, 15) is 4.79 Å². The van der Waals surface area contributed by atoms with Gasteiger partial charge >= 0.3 is 5.97 Å². The van der Waals surface area contributed by atoms with Crippen molar-refractivity contribution in [2.75, 3.05) is 5.75 Å². The van der Waals surface area contributed by atoms with Gasteiger partial charge in [0.25, 0.3) is 0 Å². The van der Waals surface area contributed by atoms with E-state index in [0.29, 0.717) is 5.56 Å². The van der Waals surface area contributed by atoms with E-state index in [1.807, 2.05) is 23.9 Å².